The second kappa shape index (κ2) is 9.28. The molecule has 1 aromatic carbocycles. The Morgan fingerprint density at radius 1 is 1.19 bits per heavy atom. The van der Waals surface area contributed by atoms with E-state index in [9.17, 15) is 18.0 Å². The van der Waals surface area contributed by atoms with Crippen LogP contribution >= 0.6 is 0 Å². The summed E-state index contributed by atoms with van der Waals surface area (Å²) in [6, 6.07) is 5.86. The molecular formula is C23H35N3O4S. The molecule has 31 heavy (non-hydrogen) atoms. The van der Waals surface area contributed by atoms with Gasteiger partial charge >= 0.3 is 0 Å². The molecule has 3 rings (SSSR count). The van der Waals surface area contributed by atoms with E-state index in [1.54, 1.807) is 13.8 Å². The number of anilines is 1. The summed E-state index contributed by atoms with van der Waals surface area (Å²) >= 11 is 0. The minimum Gasteiger partial charge on any atom is -0.351 e. The second-order valence-corrected chi connectivity index (χ2v) is 11.3. The van der Waals surface area contributed by atoms with Crippen LogP contribution in [0.2, 0.25) is 0 Å². The molecule has 0 aromatic heterocycles. The maximum absolute atomic E-state index is 13.6. The maximum atomic E-state index is 13.6. The highest BCUT2D eigenvalue weighted by molar-refractivity contribution is 7.89. The molecule has 1 aliphatic carbocycles. The Morgan fingerprint density at radius 3 is 2.52 bits per heavy atom. The number of carbonyl (C=O) groups is 2. The molecule has 1 N–H and O–H groups in total. The molecule has 0 unspecified atom stereocenters. The van der Waals surface area contributed by atoms with Crippen LogP contribution in [-0.2, 0) is 19.6 Å². The summed E-state index contributed by atoms with van der Waals surface area (Å²) in [5, 5.41) is 3.13. The van der Waals surface area contributed by atoms with Crippen LogP contribution in [0.1, 0.15) is 63.5 Å². The van der Waals surface area contributed by atoms with Gasteiger partial charge in [0.25, 0.3) is 0 Å². The maximum Gasteiger partial charge on any atom is 0.247 e. The van der Waals surface area contributed by atoms with Crippen molar-refractivity contribution in [1.29, 1.82) is 0 Å². The summed E-state index contributed by atoms with van der Waals surface area (Å²) < 4.78 is 26.8. The summed E-state index contributed by atoms with van der Waals surface area (Å²) in [6.45, 7) is 7.03. The number of amides is 2. The molecule has 0 bridgehead atoms. The van der Waals surface area contributed by atoms with Crippen LogP contribution in [0.15, 0.2) is 18.2 Å². The number of piperazine rings is 1. The first-order chi connectivity index (χ1) is 14.6. The number of rotatable bonds is 6. The number of nitrogens with zero attached hydrogens (tertiary/aromatic N) is 2. The molecule has 1 aromatic rings. The Morgan fingerprint density at radius 2 is 1.87 bits per heavy atom. The van der Waals surface area contributed by atoms with Gasteiger partial charge in [-0.25, -0.2) is 8.42 Å². The Bertz CT molecular complexity index is 940. The fourth-order valence-corrected chi connectivity index (χ4v) is 6.20. The van der Waals surface area contributed by atoms with E-state index < -0.39 is 15.6 Å². The van der Waals surface area contributed by atoms with E-state index in [0.717, 1.165) is 36.8 Å². The van der Waals surface area contributed by atoms with Crippen LogP contribution in [0.5, 0.6) is 0 Å². The Kier molecular flexibility index (Phi) is 7.11. The Labute approximate surface area is 186 Å². The van der Waals surface area contributed by atoms with Crippen molar-refractivity contribution in [2.75, 3.05) is 23.7 Å². The summed E-state index contributed by atoms with van der Waals surface area (Å²) in [5.41, 5.74) is 1.19. The van der Waals surface area contributed by atoms with Gasteiger partial charge in [0, 0.05) is 18.3 Å². The molecule has 1 aliphatic heterocycles. The minimum atomic E-state index is -3.62. The zero-order chi connectivity index (χ0) is 22.8. The van der Waals surface area contributed by atoms with Gasteiger partial charge in [0.1, 0.15) is 5.54 Å². The van der Waals surface area contributed by atoms with Crippen LogP contribution in [0.25, 0.3) is 0 Å². The predicted molar refractivity (Wildman–Crippen MR) is 122 cm³/mol. The third kappa shape index (κ3) is 4.95. The topological polar surface area (TPSA) is 86.8 Å². The molecular weight excluding hydrogens is 414 g/mol. The largest absolute Gasteiger partial charge is 0.351 e. The predicted octanol–water partition coefficient (Wildman–Crippen LogP) is 2.90. The number of benzene rings is 1. The molecule has 0 spiro atoms. The number of aryl methyl sites for hydroxylation is 2. The monoisotopic (exact) mass is 449 g/mol. The highest BCUT2D eigenvalue weighted by Gasteiger charge is 2.51. The van der Waals surface area contributed by atoms with E-state index in [0.29, 0.717) is 12.1 Å². The third-order valence-electron chi connectivity index (χ3n) is 6.43. The molecule has 2 fully saturated rings. The van der Waals surface area contributed by atoms with Gasteiger partial charge in [-0.2, -0.15) is 4.31 Å². The van der Waals surface area contributed by atoms with Crippen molar-refractivity contribution in [1.82, 2.24) is 9.62 Å². The number of sulfonamides is 1. The van der Waals surface area contributed by atoms with Crippen molar-refractivity contribution in [3.63, 3.8) is 0 Å². The van der Waals surface area contributed by atoms with Gasteiger partial charge < -0.3 is 5.32 Å². The Hall–Kier alpha value is -1.93. The lowest BCUT2D eigenvalue weighted by atomic mass is 9.90. The first-order valence-corrected chi connectivity index (χ1v) is 12.9. The van der Waals surface area contributed by atoms with Crippen molar-refractivity contribution in [3.8, 4) is 0 Å². The molecule has 7 nitrogen and oxygen atoms in total. The quantitative estimate of drug-likeness (QED) is 0.723. The molecule has 2 aliphatic rings. The first-order valence-electron chi connectivity index (χ1n) is 11.3. The normalized spacial score (nSPS) is 23.7. The number of hydrogen-bond donors (Lipinski definition) is 1. The lowest BCUT2D eigenvalue weighted by molar-refractivity contribution is -0.133. The van der Waals surface area contributed by atoms with Crippen molar-refractivity contribution in [2.45, 2.75) is 77.8 Å². The van der Waals surface area contributed by atoms with Gasteiger partial charge in [0.15, 0.2) is 0 Å². The molecule has 1 heterocycles. The van der Waals surface area contributed by atoms with E-state index in [1.165, 1.54) is 15.6 Å². The summed E-state index contributed by atoms with van der Waals surface area (Å²) in [7, 11) is -3.62. The second-order valence-electron chi connectivity index (χ2n) is 9.19. The molecule has 2 amide bonds. The fraction of sp³-hybridized carbons (Fsp3) is 0.652. The van der Waals surface area contributed by atoms with E-state index in [4.69, 9.17) is 0 Å². The molecule has 1 atom stereocenters. The third-order valence-corrected chi connectivity index (χ3v) is 8.40. The highest BCUT2D eigenvalue weighted by atomic mass is 32.2. The average Bonchev–Trinajstić information content (AvgIpc) is 2.70. The van der Waals surface area contributed by atoms with Gasteiger partial charge in [-0.1, -0.05) is 38.3 Å². The zero-order valence-electron chi connectivity index (χ0n) is 19.1. The van der Waals surface area contributed by atoms with E-state index >= 15 is 0 Å². The van der Waals surface area contributed by atoms with Gasteiger partial charge in [-0.15, -0.1) is 0 Å². The van der Waals surface area contributed by atoms with Crippen LogP contribution in [0.3, 0.4) is 0 Å². The van der Waals surface area contributed by atoms with Crippen LogP contribution in [0.4, 0.5) is 5.69 Å². The van der Waals surface area contributed by atoms with Gasteiger partial charge in [-0.3, -0.25) is 14.5 Å². The van der Waals surface area contributed by atoms with Gasteiger partial charge in [0.05, 0.1) is 12.3 Å². The van der Waals surface area contributed by atoms with Gasteiger partial charge in [-0.05, 0) is 57.2 Å². The molecule has 0 radical (unpaired) electrons. The van der Waals surface area contributed by atoms with Gasteiger partial charge in [0.2, 0.25) is 21.8 Å². The van der Waals surface area contributed by atoms with Crippen molar-refractivity contribution < 1.29 is 18.0 Å². The van der Waals surface area contributed by atoms with Crippen molar-refractivity contribution >= 4 is 27.5 Å². The van der Waals surface area contributed by atoms with E-state index in [-0.39, 0.29) is 36.7 Å². The molecule has 172 valence electrons. The smallest absolute Gasteiger partial charge is 0.247 e. The fourth-order valence-electron chi connectivity index (χ4n) is 4.67. The van der Waals surface area contributed by atoms with Crippen LogP contribution in [-0.4, -0.2) is 55.0 Å². The molecule has 8 heteroatoms. The van der Waals surface area contributed by atoms with Crippen molar-refractivity contribution in [3.05, 3.63) is 29.3 Å². The van der Waals surface area contributed by atoms with Crippen molar-refractivity contribution in [2.24, 2.45) is 0 Å². The molecule has 1 saturated carbocycles. The number of carbonyl (C=O) groups excluding carboxylic acids is 2. The van der Waals surface area contributed by atoms with E-state index in [2.05, 4.69) is 5.32 Å². The summed E-state index contributed by atoms with van der Waals surface area (Å²) in [5.74, 6) is -0.699. The average molecular weight is 450 g/mol. The summed E-state index contributed by atoms with van der Waals surface area (Å²) in [4.78, 5) is 28.5. The number of nitrogens with one attached hydrogen (secondary N) is 1. The Balaban J connectivity index is 2.02. The van der Waals surface area contributed by atoms with E-state index in [1.807, 2.05) is 32.0 Å². The molecule has 1 saturated heterocycles. The zero-order valence-corrected chi connectivity index (χ0v) is 19.9. The standard InChI is InChI=1S/C23H35N3O4S/c1-5-13-31(29,30)25-15-21(27)26(20-14-17(2)11-12-18(20)3)23(4,16-25)22(28)24-19-9-7-6-8-10-19/h11-12,14,19H,5-10,13,15-16H2,1-4H3,(H,24,28)/t23-/m0/s1. The summed E-state index contributed by atoms with van der Waals surface area (Å²) in [6.07, 6.45) is 5.59. The highest BCUT2D eigenvalue weighted by Crippen LogP contribution is 2.34. The van der Waals surface area contributed by atoms with Crippen LogP contribution in [0, 0.1) is 13.8 Å². The minimum absolute atomic E-state index is 0.0376. The van der Waals surface area contributed by atoms with Crippen LogP contribution < -0.4 is 10.2 Å². The number of hydrogen-bond acceptors (Lipinski definition) is 4. The lowest BCUT2D eigenvalue weighted by Gasteiger charge is -2.47. The lowest BCUT2D eigenvalue weighted by Crippen LogP contribution is -2.71. The first kappa shape index (κ1) is 23.7. The SMILES string of the molecule is CCCS(=O)(=O)N1CC(=O)N(c2cc(C)ccc2C)[C@](C)(C(=O)NC2CCCCC2)C1.